The Morgan fingerprint density at radius 3 is 2.21 bits per heavy atom. The molecule has 0 saturated heterocycles. The number of guanidine groups is 1. The molecule has 0 radical (unpaired) electrons. The van der Waals surface area contributed by atoms with Gasteiger partial charge in [0.1, 0.15) is 5.60 Å². The van der Waals surface area contributed by atoms with Gasteiger partial charge >= 0.3 is 12.2 Å². The number of carbonyl (C=O) groups is 2. The highest BCUT2D eigenvalue weighted by molar-refractivity contribution is 5.79. The van der Waals surface area contributed by atoms with Gasteiger partial charge in [-0.25, -0.2) is 9.59 Å². The second kappa shape index (κ2) is 13.9. The van der Waals surface area contributed by atoms with Crippen LogP contribution in [0.1, 0.15) is 54.4 Å². The minimum atomic E-state index is -0.502. The third-order valence-electron chi connectivity index (χ3n) is 3.41. The SMILES string of the molecule is CCOC(=O)NC(CNC(=NC)NCCCNC(=O)OC(C)(C)C)CC(C)C. The van der Waals surface area contributed by atoms with Crippen molar-refractivity contribution in [2.24, 2.45) is 10.9 Å². The maximum Gasteiger partial charge on any atom is 0.407 e. The molecule has 0 aliphatic carbocycles. The topological polar surface area (TPSA) is 113 Å². The summed E-state index contributed by atoms with van der Waals surface area (Å²) in [5, 5.41) is 12.0. The molecule has 28 heavy (non-hydrogen) atoms. The maximum atomic E-state index is 11.7. The Kier molecular flexibility index (Phi) is 12.8. The smallest absolute Gasteiger partial charge is 0.407 e. The van der Waals surface area contributed by atoms with Gasteiger partial charge in [-0.1, -0.05) is 13.8 Å². The van der Waals surface area contributed by atoms with Crippen LogP contribution in [0.5, 0.6) is 0 Å². The molecule has 164 valence electrons. The number of ether oxygens (including phenoxy) is 2. The molecule has 1 unspecified atom stereocenters. The summed E-state index contributed by atoms with van der Waals surface area (Å²) in [6, 6.07) is -0.0635. The van der Waals surface area contributed by atoms with Gasteiger partial charge in [-0.05, 0) is 46.5 Å². The lowest BCUT2D eigenvalue weighted by molar-refractivity contribution is 0.0527. The number of alkyl carbamates (subject to hydrolysis) is 2. The Bertz CT molecular complexity index is 489. The number of carbonyl (C=O) groups excluding carboxylic acids is 2. The number of amides is 2. The van der Waals surface area contributed by atoms with Gasteiger partial charge in [0.2, 0.25) is 0 Å². The molecule has 0 aromatic carbocycles. The molecule has 0 heterocycles. The minimum absolute atomic E-state index is 0.0635. The van der Waals surface area contributed by atoms with Crippen molar-refractivity contribution in [3.05, 3.63) is 0 Å². The molecule has 0 aromatic rings. The van der Waals surface area contributed by atoms with Crippen LogP contribution in [0.15, 0.2) is 4.99 Å². The van der Waals surface area contributed by atoms with Crippen LogP contribution in [0.25, 0.3) is 0 Å². The van der Waals surface area contributed by atoms with Crippen LogP contribution in [0.2, 0.25) is 0 Å². The van der Waals surface area contributed by atoms with Crippen LogP contribution >= 0.6 is 0 Å². The highest BCUT2D eigenvalue weighted by atomic mass is 16.6. The van der Waals surface area contributed by atoms with Crippen molar-refractivity contribution in [2.75, 3.05) is 33.3 Å². The lowest BCUT2D eigenvalue weighted by Gasteiger charge is -2.22. The van der Waals surface area contributed by atoms with Crippen molar-refractivity contribution in [2.45, 2.75) is 66.0 Å². The Hall–Kier alpha value is -2.19. The highest BCUT2D eigenvalue weighted by Gasteiger charge is 2.16. The average molecular weight is 402 g/mol. The normalized spacial score (nSPS) is 12.9. The van der Waals surface area contributed by atoms with E-state index in [-0.39, 0.29) is 6.04 Å². The van der Waals surface area contributed by atoms with Gasteiger partial charge < -0.3 is 30.7 Å². The summed E-state index contributed by atoms with van der Waals surface area (Å²) in [5.74, 6) is 1.07. The Balaban J connectivity index is 4.20. The molecule has 0 rings (SSSR count). The fourth-order valence-corrected chi connectivity index (χ4v) is 2.34. The third-order valence-corrected chi connectivity index (χ3v) is 3.41. The van der Waals surface area contributed by atoms with E-state index in [9.17, 15) is 9.59 Å². The monoisotopic (exact) mass is 401 g/mol. The molecule has 0 aliphatic heterocycles. The van der Waals surface area contributed by atoms with Crippen molar-refractivity contribution < 1.29 is 19.1 Å². The van der Waals surface area contributed by atoms with E-state index in [2.05, 4.69) is 40.1 Å². The van der Waals surface area contributed by atoms with E-state index in [1.54, 1.807) is 14.0 Å². The fraction of sp³-hybridized carbons (Fsp3) is 0.842. The minimum Gasteiger partial charge on any atom is -0.450 e. The predicted molar refractivity (Wildman–Crippen MR) is 112 cm³/mol. The number of hydrogen-bond donors (Lipinski definition) is 4. The summed E-state index contributed by atoms with van der Waals surface area (Å²) in [5.41, 5.74) is -0.502. The third kappa shape index (κ3) is 14.9. The summed E-state index contributed by atoms with van der Waals surface area (Å²) in [6.45, 7) is 13.5. The van der Waals surface area contributed by atoms with Crippen LogP contribution in [0, 0.1) is 5.92 Å². The molecule has 0 spiro atoms. The van der Waals surface area contributed by atoms with Gasteiger partial charge in [0, 0.05) is 32.7 Å². The zero-order valence-corrected chi connectivity index (χ0v) is 18.5. The van der Waals surface area contributed by atoms with Gasteiger partial charge in [-0.15, -0.1) is 0 Å². The standard InChI is InChI=1S/C19H39N5O4/c1-8-27-18(26)24-15(12-14(2)3)13-23-16(20-7)21-10-9-11-22-17(25)28-19(4,5)6/h14-15H,8-13H2,1-7H3,(H,22,25)(H,24,26)(H2,20,21,23). The van der Waals surface area contributed by atoms with E-state index in [0.717, 1.165) is 12.8 Å². The van der Waals surface area contributed by atoms with E-state index < -0.39 is 17.8 Å². The molecule has 0 aromatic heterocycles. The molecule has 0 fully saturated rings. The molecule has 1 atom stereocenters. The molecular formula is C19H39N5O4. The Morgan fingerprint density at radius 2 is 1.68 bits per heavy atom. The van der Waals surface area contributed by atoms with Gasteiger partial charge in [-0.2, -0.15) is 0 Å². The second-order valence-electron chi connectivity index (χ2n) is 7.85. The van der Waals surface area contributed by atoms with Gasteiger partial charge in [0.05, 0.1) is 6.61 Å². The molecule has 9 nitrogen and oxygen atoms in total. The fourth-order valence-electron chi connectivity index (χ4n) is 2.34. The second-order valence-corrected chi connectivity index (χ2v) is 7.85. The molecule has 2 amide bonds. The summed E-state index contributed by atoms with van der Waals surface area (Å²) in [7, 11) is 1.69. The summed E-state index contributed by atoms with van der Waals surface area (Å²) >= 11 is 0. The van der Waals surface area contributed by atoms with Crippen molar-refractivity contribution in [1.82, 2.24) is 21.3 Å². The number of aliphatic imine (C=N–C) groups is 1. The lowest BCUT2D eigenvalue weighted by atomic mass is 10.0. The molecule has 0 saturated carbocycles. The molecular weight excluding hydrogens is 362 g/mol. The number of hydrogen-bond acceptors (Lipinski definition) is 5. The number of nitrogens with one attached hydrogen (secondary N) is 4. The van der Waals surface area contributed by atoms with Crippen molar-refractivity contribution in [1.29, 1.82) is 0 Å². The van der Waals surface area contributed by atoms with Crippen LogP contribution in [0.3, 0.4) is 0 Å². The molecule has 9 heteroatoms. The first-order chi connectivity index (χ1) is 13.1. The van der Waals surface area contributed by atoms with Gasteiger partial charge in [0.15, 0.2) is 5.96 Å². The quantitative estimate of drug-likeness (QED) is 0.254. The van der Waals surface area contributed by atoms with E-state index >= 15 is 0 Å². The van der Waals surface area contributed by atoms with Crippen LogP contribution in [-0.2, 0) is 9.47 Å². The Morgan fingerprint density at radius 1 is 1.04 bits per heavy atom. The number of nitrogens with zero attached hydrogens (tertiary/aromatic N) is 1. The zero-order valence-electron chi connectivity index (χ0n) is 18.5. The average Bonchev–Trinajstić information content (AvgIpc) is 2.55. The van der Waals surface area contributed by atoms with Crippen molar-refractivity contribution >= 4 is 18.1 Å². The molecule has 4 N–H and O–H groups in total. The zero-order chi connectivity index (χ0) is 21.6. The van der Waals surface area contributed by atoms with E-state index in [1.165, 1.54) is 0 Å². The number of rotatable bonds is 10. The summed E-state index contributed by atoms with van der Waals surface area (Å²) in [4.78, 5) is 27.4. The van der Waals surface area contributed by atoms with E-state index in [4.69, 9.17) is 9.47 Å². The first-order valence-electron chi connectivity index (χ1n) is 9.92. The largest absolute Gasteiger partial charge is 0.450 e. The lowest BCUT2D eigenvalue weighted by Crippen LogP contribution is -2.48. The van der Waals surface area contributed by atoms with Crippen molar-refractivity contribution in [3.8, 4) is 0 Å². The highest BCUT2D eigenvalue weighted by Crippen LogP contribution is 2.06. The summed E-state index contributed by atoms with van der Waals surface area (Å²) in [6.07, 6.45) is 0.710. The predicted octanol–water partition coefficient (Wildman–Crippen LogP) is 2.23. The van der Waals surface area contributed by atoms with Gasteiger partial charge in [-0.3, -0.25) is 4.99 Å². The summed E-state index contributed by atoms with van der Waals surface area (Å²) < 4.78 is 10.1. The van der Waals surface area contributed by atoms with Crippen molar-refractivity contribution in [3.63, 3.8) is 0 Å². The molecule has 0 aliphatic rings. The van der Waals surface area contributed by atoms with Crippen LogP contribution in [0.4, 0.5) is 9.59 Å². The molecule has 0 bridgehead atoms. The van der Waals surface area contributed by atoms with E-state index in [1.807, 2.05) is 20.8 Å². The maximum absolute atomic E-state index is 11.7. The van der Waals surface area contributed by atoms with Gasteiger partial charge in [0.25, 0.3) is 0 Å². The van der Waals surface area contributed by atoms with Crippen LogP contribution < -0.4 is 21.3 Å². The first kappa shape index (κ1) is 25.8. The Labute approximate surface area is 169 Å². The van der Waals surface area contributed by atoms with E-state index in [0.29, 0.717) is 38.1 Å². The van der Waals surface area contributed by atoms with Crippen LogP contribution in [-0.4, -0.2) is 63.1 Å². The first-order valence-corrected chi connectivity index (χ1v) is 9.92.